The molecule has 0 aliphatic heterocycles. The molecule has 0 atom stereocenters. The number of aromatic nitrogens is 1. The van der Waals surface area contributed by atoms with Crippen molar-refractivity contribution >= 4 is 5.69 Å². The fraction of sp³-hybridized carbons (Fsp3) is 0.143. The zero-order chi connectivity index (χ0) is 13.8. The predicted molar refractivity (Wildman–Crippen MR) is 67.4 cm³/mol. The molecule has 0 aliphatic rings. The Balaban J connectivity index is 2.28. The van der Waals surface area contributed by atoms with Crippen LogP contribution in [0.3, 0.4) is 0 Å². The molecule has 0 aliphatic carbocycles. The molecule has 0 fully saturated rings. The minimum absolute atomic E-state index is 0.119. The van der Waals surface area contributed by atoms with Gasteiger partial charge < -0.3 is 4.90 Å². The van der Waals surface area contributed by atoms with Gasteiger partial charge in [0.25, 0.3) is 0 Å². The first-order valence-electron chi connectivity index (χ1n) is 5.61. The molecule has 0 bridgehead atoms. The maximum atomic E-state index is 13.8. The van der Waals surface area contributed by atoms with Crippen molar-refractivity contribution in [3.63, 3.8) is 0 Å². The van der Waals surface area contributed by atoms with E-state index in [0.29, 0.717) is 6.54 Å². The molecule has 1 aromatic heterocycles. The molecule has 0 saturated carbocycles. The van der Waals surface area contributed by atoms with E-state index in [9.17, 15) is 8.78 Å². The molecular formula is C14H11F2N3. The van der Waals surface area contributed by atoms with Crippen molar-refractivity contribution in [1.29, 1.82) is 5.26 Å². The van der Waals surface area contributed by atoms with Gasteiger partial charge in [-0.2, -0.15) is 5.26 Å². The van der Waals surface area contributed by atoms with Crippen LogP contribution < -0.4 is 4.90 Å². The lowest BCUT2D eigenvalue weighted by molar-refractivity contribution is 0.505. The number of hydrogen-bond acceptors (Lipinski definition) is 3. The molecule has 96 valence electrons. The summed E-state index contributed by atoms with van der Waals surface area (Å²) in [5.41, 5.74) is 0.758. The SMILES string of the molecule is CN(Cc1ccncc1)c1ccc(C#N)c(F)c1F. The van der Waals surface area contributed by atoms with E-state index in [-0.39, 0.29) is 11.3 Å². The summed E-state index contributed by atoms with van der Waals surface area (Å²) in [5.74, 6) is -2.11. The number of rotatable bonds is 3. The monoisotopic (exact) mass is 259 g/mol. The van der Waals surface area contributed by atoms with E-state index in [4.69, 9.17) is 5.26 Å². The van der Waals surface area contributed by atoms with Gasteiger partial charge in [-0.05, 0) is 29.8 Å². The van der Waals surface area contributed by atoms with Crippen LogP contribution in [-0.4, -0.2) is 12.0 Å². The lowest BCUT2D eigenvalue weighted by Crippen LogP contribution is -2.18. The molecular weight excluding hydrogens is 248 g/mol. The van der Waals surface area contributed by atoms with Gasteiger partial charge in [0.05, 0.1) is 11.3 Å². The van der Waals surface area contributed by atoms with Crippen LogP contribution in [-0.2, 0) is 6.54 Å². The second-order valence-corrected chi connectivity index (χ2v) is 4.08. The lowest BCUT2D eigenvalue weighted by atomic mass is 10.1. The Hall–Kier alpha value is -2.48. The minimum atomic E-state index is -1.11. The highest BCUT2D eigenvalue weighted by atomic mass is 19.2. The van der Waals surface area contributed by atoms with E-state index in [1.165, 1.54) is 12.1 Å². The fourth-order valence-corrected chi connectivity index (χ4v) is 1.77. The van der Waals surface area contributed by atoms with Gasteiger partial charge in [0, 0.05) is 26.0 Å². The van der Waals surface area contributed by atoms with E-state index in [0.717, 1.165) is 5.56 Å². The molecule has 19 heavy (non-hydrogen) atoms. The van der Waals surface area contributed by atoms with E-state index in [2.05, 4.69) is 4.98 Å². The summed E-state index contributed by atoms with van der Waals surface area (Å²) < 4.78 is 27.3. The Morgan fingerprint density at radius 1 is 1.16 bits per heavy atom. The average Bonchev–Trinajstić information content (AvgIpc) is 2.42. The Morgan fingerprint density at radius 3 is 2.47 bits per heavy atom. The van der Waals surface area contributed by atoms with Gasteiger partial charge >= 0.3 is 0 Å². The van der Waals surface area contributed by atoms with Crippen LogP contribution in [0.5, 0.6) is 0 Å². The summed E-state index contributed by atoms with van der Waals surface area (Å²) >= 11 is 0. The van der Waals surface area contributed by atoms with Crippen molar-refractivity contribution in [2.24, 2.45) is 0 Å². The number of nitrogens with zero attached hydrogens (tertiary/aromatic N) is 3. The first kappa shape index (κ1) is 13.0. The number of hydrogen-bond donors (Lipinski definition) is 0. The molecule has 0 radical (unpaired) electrons. The van der Waals surface area contributed by atoms with E-state index in [1.807, 2.05) is 0 Å². The van der Waals surface area contributed by atoms with Crippen LogP contribution in [0.25, 0.3) is 0 Å². The maximum absolute atomic E-state index is 13.8. The summed E-state index contributed by atoms with van der Waals surface area (Å²) in [6, 6.07) is 7.89. The van der Waals surface area contributed by atoms with Crippen molar-refractivity contribution in [1.82, 2.24) is 4.98 Å². The van der Waals surface area contributed by atoms with Gasteiger partial charge in [-0.3, -0.25) is 4.98 Å². The Morgan fingerprint density at radius 2 is 1.84 bits per heavy atom. The Kier molecular flexibility index (Phi) is 3.71. The third-order valence-electron chi connectivity index (χ3n) is 2.76. The molecule has 0 spiro atoms. The third kappa shape index (κ3) is 2.68. The van der Waals surface area contributed by atoms with Crippen LogP contribution in [0.15, 0.2) is 36.7 Å². The summed E-state index contributed by atoms with van der Waals surface area (Å²) in [5, 5.41) is 8.63. The molecule has 0 N–H and O–H groups in total. The standard InChI is InChI=1S/C14H11F2N3/c1-19(9-10-4-6-18-7-5-10)12-3-2-11(8-17)13(15)14(12)16/h2-7H,9H2,1H3. The van der Waals surface area contributed by atoms with Crippen molar-refractivity contribution in [3.05, 3.63) is 59.4 Å². The molecule has 0 unspecified atom stereocenters. The zero-order valence-corrected chi connectivity index (χ0v) is 10.3. The van der Waals surface area contributed by atoms with E-state index < -0.39 is 11.6 Å². The van der Waals surface area contributed by atoms with Gasteiger partial charge in [-0.1, -0.05) is 0 Å². The van der Waals surface area contributed by atoms with Gasteiger partial charge in [0.1, 0.15) is 6.07 Å². The highest BCUT2D eigenvalue weighted by Gasteiger charge is 2.16. The highest BCUT2D eigenvalue weighted by molar-refractivity contribution is 5.51. The van der Waals surface area contributed by atoms with Gasteiger partial charge in [-0.25, -0.2) is 8.78 Å². The summed E-state index contributed by atoms with van der Waals surface area (Å²) in [7, 11) is 1.66. The molecule has 2 aromatic rings. The molecule has 5 heteroatoms. The summed E-state index contributed by atoms with van der Waals surface area (Å²) in [4.78, 5) is 5.47. The largest absolute Gasteiger partial charge is 0.368 e. The number of pyridine rings is 1. The summed E-state index contributed by atoms with van der Waals surface area (Å²) in [6.07, 6.45) is 3.28. The van der Waals surface area contributed by atoms with Crippen molar-refractivity contribution in [2.45, 2.75) is 6.54 Å². The molecule has 1 heterocycles. The molecule has 1 aromatic carbocycles. The third-order valence-corrected chi connectivity index (χ3v) is 2.76. The van der Waals surface area contributed by atoms with Crippen LogP contribution in [0.1, 0.15) is 11.1 Å². The van der Waals surface area contributed by atoms with Crippen LogP contribution in [0, 0.1) is 23.0 Å². The van der Waals surface area contributed by atoms with Crippen molar-refractivity contribution in [3.8, 4) is 6.07 Å². The molecule has 2 rings (SSSR count). The second-order valence-electron chi connectivity index (χ2n) is 4.08. The Labute approximate surface area is 109 Å². The quantitative estimate of drug-likeness (QED) is 0.850. The average molecular weight is 259 g/mol. The topological polar surface area (TPSA) is 39.9 Å². The smallest absolute Gasteiger partial charge is 0.183 e. The number of benzene rings is 1. The molecule has 0 saturated heterocycles. The van der Waals surface area contributed by atoms with Crippen molar-refractivity contribution in [2.75, 3.05) is 11.9 Å². The first-order valence-corrected chi connectivity index (χ1v) is 5.61. The highest BCUT2D eigenvalue weighted by Crippen LogP contribution is 2.24. The molecule has 3 nitrogen and oxygen atoms in total. The zero-order valence-electron chi connectivity index (χ0n) is 10.3. The fourth-order valence-electron chi connectivity index (χ4n) is 1.77. The summed E-state index contributed by atoms with van der Waals surface area (Å²) in [6.45, 7) is 0.421. The van der Waals surface area contributed by atoms with E-state index >= 15 is 0 Å². The van der Waals surface area contributed by atoms with Crippen LogP contribution in [0.2, 0.25) is 0 Å². The second kappa shape index (κ2) is 5.44. The Bertz CT molecular complexity index is 621. The molecule has 0 amide bonds. The minimum Gasteiger partial charge on any atom is -0.368 e. The maximum Gasteiger partial charge on any atom is 0.183 e. The predicted octanol–water partition coefficient (Wildman–Crippen LogP) is 2.87. The van der Waals surface area contributed by atoms with Crippen molar-refractivity contribution < 1.29 is 8.78 Å². The van der Waals surface area contributed by atoms with E-state index in [1.54, 1.807) is 42.5 Å². The van der Waals surface area contributed by atoms with Gasteiger partial charge in [-0.15, -0.1) is 0 Å². The number of nitriles is 1. The van der Waals surface area contributed by atoms with Gasteiger partial charge in [0.15, 0.2) is 11.6 Å². The first-order chi connectivity index (χ1) is 9.13. The number of anilines is 1. The normalized spacial score (nSPS) is 10.0. The van der Waals surface area contributed by atoms with Crippen LogP contribution >= 0.6 is 0 Å². The lowest BCUT2D eigenvalue weighted by Gasteiger charge is -2.20. The van der Waals surface area contributed by atoms with Crippen LogP contribution in [0.4, 0.5) is 14.5 Å². The van der Waals surface area contributed by atoms with Gasteiger partial charge in [0.2, 0.25) is 0 Å². The number of halogens is 2.